The van der Waals surface area contributed by atoms with Gasteiger partial charge in [0, 0.05) is 29.6 Å². The molecule has 2 aliphatic rings. The quantitative estimate of drug-likeness (QED) is 0.794. The smallest absolute Gasteiger partial charge is 0.266 e. The van der Waals surface area contributed by atoms with Crippen molar-refractivity contribution in [3.63, 3.8) is 0 Å². The number of carbonyl (C=O) groups excluding carboxylic acids is 2. The average molecular weight is 397 g/mol. The lowest BCUT2D eigenvalue weighted by Crippen LogP contribution is -2.47. The minimum atomic E-state index is -0.496. The zero-order chi connectivity index (χ0) is 16.9. The first-order chi connectivity index (χ1) is 11.6. The fraction of sp³-hybridized carbons (Fsp3) is 0.529. The lowest BCUT2D eigenvalue weighted by atomic mass is 10.1. The van der Waals surface area contributed by atoms with E-state index in [1.807, 2.05) is 12.1 Å². The fourth-order valence-corrected chi connectivity index (χ4v) is 3.30. The van der Waals surface area contributed by atoms with Crippen LogP contribution in [0.3, 0.4) is 0 Å². The number of halogens is 1. The minimum absolute atomic E-state index is 0.130. The van der Waals surface area contributed by atoms with Crippen molar-refractivity contribution >= 4 is 27.7 Å². The number of carbonyl (C=O) groups is 2. The van der Waals surface area contributed by atoms with Gasteiger partial charge in [0.1, 0.15) is 6.04 Å². The molecule has 130 valence electrons. The highest BCUT2D eigenvalue weighted by Gasteiger charge is 2.35. The molecule has 0 bridgehead atoms. The summed E-state index contributed by atoms with van der Waals surface area (Å²) in [4.78, 5) is 32.0. The number of benzene rings is 1. The van der Waals surface area contributed by atoms with Gasteiger partial charge in [0.25, 0.3) is 11.8 Å². The second-order valence-electron chi connectivity index (χ2n) is 6.04. The third-order valence-electron chi connectivity index (χ3n) is 4.34. The number of rotatable bonds is 4. The van der Waals surface area contributed by atoms with Gasteiger partial charge in [-0.05, 0) is 49.9 Å². The minimum Gasteiger partial charge on any atom is -0.350 e. The van der Waals surface area contributed by atoms with Crippen molar-refractivity contribution in [1.82, 2.24) is 10.4 Å². The van der Waals surface area contributed by atoms with E-state index in [9.17, 15) is 9.59 Å². The number of hydroxylamine groups is 1. The number of nitrogens with one attached hydrogen (secondary N) is 1. The van der Waals surface area contributed by atoms with Crippen LogP contribution < -0.4 is 5.48 Å². The predicted molar refractivity (Wildman–Crippen MR) is 91.0 cm³/mol. The van der Waals surface area contributed by atoms with Crippen LogP contribution in [0.5, 0.6) is 0 Å². The molecule has 6 nitrogen and oxygen atoms in total. The SMILES string of the molecule is O=C(NO[C@@H]1CCCCO1)[C@@H]1CCCN1C(=O)c1ccc(Br)cc1. The van der Waals surface area contributed by atoms with E-state index < -0.39 is 6.04 Å². The van der Waals surface area contributed by atoms with Crippen LogP contribution in [0.15, 0.2) is 28.7 Å². The molecular weight excluding hydrogens is 376 g/mol. The summed E-state index contributed by atoms with van der Waals surface area (Å²) in [6.07, 6.45) is 3.87. The highest BCUT2D eigenvalue weighted by molar-refractivity contribution is 9.10. The summed E-state index contributed by atoms with van der Waals surface area (Å²) in [5, 5.41) is 0. The molecule has 7 heteroatoms. The second kappa shape index (κ2) is 8.09. The highest BCUT2D eigenvalue weighted by atomic mass is 79.9. The molecule has 0 saturated carbocycles. The molecular formula is C17H21BrN2O4. The van der Waals surface area contributed by atoms with Crippen LogP contribution in [-0.4, -0.2) is 42.2 Å². The Balaban J connectivity index is 1.58. The first-order valence-electron chi connectivity index (χ1n) is 8.29. The molecule has 0 aromatic heterocycles. The van der Waals surface area contributed by atoms with Gasteiger partial charge in [-0.15, -0.1) is 0 Å². The summed E-state index contributed by atoms with van der Waals surface area (Å²) < 4.78 is 6.34. The normalized spacial score (nSPS) is 24.0. The Morgan fingerprint density at radius 1 is 1.17 bits per heavy atom. The molecule has 2 saturated heterocycles. The molecule has 1 N–H and O–H groups in total. The van der Waals surface area contributed by atoms with Crippen molar-refractivity contribution in [2.45, 2.75) is 44.4 Å². The molecule has 24 heavy (non-hydrogen) atoms. The van der Waals surface area contributed by atoms with Crippen LogP contribution in [0.4, 0.5) is 0 Å². The lowest BCUT2D eigenvalue weighted by molar-refractivity contribution is -0.201. The number of ether oxygens (including phenoxy) is 1. The maximum Gasteiger partial charge on any atom is 0.266 e. The molecule has 0 radical (unpaired) electrons. The molecule has 2 heterocycles. The highest BCUT2D eigenvalue weighted by Crippen LogP contribution is 2.22. The van der Waals surface area contributed by atoms with Gasteiger partial charge in [-0.2, -0.15) is 0 Å². The summed E-state index contributed by atoms with van der Waals surface area (Å²) in [5.74, 6) is -0.416. The maximum absolute atomic E-state index is 12.6. The van der Waals surface area contributed by atoms with Gasteiger partial charge in [-0.1, -0.05) is 15.9 Å². The van der Waals surface area contributed by atoms with E-state index in [-0.39, 0.29) is 18.1 Å². The molecule has 1 aromatic carbocycles. The van der Waals surface area contributed by atoms with Crippen LogP contribution in [0.25, 0.3) is 0 Å². The molecule has 0 unspecified atom stereocenters. The molecule has 0 spiro atoms. The van der Waals surface area contributed by atoms with E-state index in [0.29, 0.717) is 25.1 Å². The van der Waals surface area contributed by atoms with E-state index in [4.69, 9.17) is 9.57 Å². The van der Waals surface area contributed by atoms with Crippen molar-refractivity contribution in [2.24, 2.45) is 0 Å². The van der Waals surface area contributed by atoms with Gasteiger partial charge in [0.15, 0.2) is 6.29 Å². The molecule has 2 fully saturated rings. The Morgan fingerprint density at radius 3 is 2.67 bits per heavy atom. The number of amides is 2. The fourth-order valence-electron chi connectivity index (χ4n) is 3.04. The predicted octanol–water partition coefficient (Wildman–Crippen LogP) is 2.63. The van der Waals surface area contributed by atoms with Crippen molar-refractivity contribution in [1.29, 1.82) is 0 Å². The topological polar surface area (TPSA) is 67.9 Å². The molecule has 2 atom stereocenters. The van der Waals surface area contributed by atoms with Crippen molar-refractivity contribution in [3.05, 3.63) is 34.3 Å². The van der Waals surface area contributed by atoms with Crippen LogP contribution in [0.2, 0.25) is 0 Å². The Hall–Kier alpha value is -1.44. The van der Waals surface area contributed by atoms with Gasteiger partial charge < -0.3 is 9.64 Å². The van der Waals surface area contributed by atoms with Crippen molar-refractivity contribution in [3.8, 4) is 0 Å². The van der Waals surface area contributed by atoms with E-state index in [0.717, 1.165) is 30.2 Å². The van der Waals surface area contributed by atoms with Gasteiger partial charge in [-0.3, -0.25) is 9.59 Å². The van der Waals surface area contributed by atoms with Gasteiger partial charge >= 0.3 is 0 Å². The molecule has 1 aromatic rings. The third kappa shape index (κ3) is 4.15. The van der Waals surface area contributed by atoms with Crippen molar-refractivity contribution in [2.75, 3.05) is 13.2 Å². The Morgan fingerprint density at radius 2 is 1.96 bits per heavy atom. The van der Waals surface area contributed by atoms with Gasteiger partial charge in [0.05, 0.1) is 0 Å². The Kier molecular flexibility index (Phi) is 5.86. The molecule has 3 rings (SSSR count). The number of nitrogens with zero attached hydrogens (tertiary/aromatic N) is 1. The molecule has 2 amide bonds. The number of likely N-dealkylation sites (tertiary alicyclic amines) is 1. The third-order valence-corrected chi connectivity index (χ3v) is 4.87. The molecule has 0 aliphatic carbocycles. The maximum atomic E-state index is 12.6. The zero-order valence-corrected chi connectivity index (χ0v) is 15.0. The average Bonchev–Trinajstić information content (AvgIpc) is 3.10. The summed E-state index contributed by atoms with van der Waals surface area (Å²) in [7, 11) is 0. The van der Waals surface area contributed by atoms with E-state index in [1.54, 1.807) is 17.0 Å². The van der Waals surface area contributed by atoms with Crippen LogP contribution in [0, 0.1) is 0 Å². The monoisotopic (exact) mass is 396 g/mol. The lowest BCUT2D eigenvalue weighted by Gasteiger charge is -2.26. The van der Waals surface area contributed by atoms with Crippen LogP contribution in [0.1, 0.15) is 42.5 Å². The van der Waals surface area contributed by atoms with Crippen LogP contribution in [-0.2, 0) is 14.4 Å². The first kappa shape index (κ1) is 17.4. The first-order valence-corrected chi connectivity index (χ1v) is 9.08. The number of hydrogen-bond donors (Lipinski definition) is 1. The van der Waals surface area contributed by atoms with Crippen molar-refractivity contribution < 1.29 is 19.2 Å². The number of hydrogen-bond acceptors (Lipinski definition) is 4. The Labute approximate surface area is 149 Å². The van der Waals surface area contributed by atoms with Gasteiger partial charge in [0.2, 0.25) is 0 Å². The van der Waals surface area contributed by atoms with E-state index >= 15 is 0 Å². The van der Waals surface area contributed by atoms with Crippen LogP contribution >= 0.6 is 15.9 Å². The summed E-state index contributed by atoms with van der Waals surface area (Å²) in [6.45, 7) is 1.23. The van der Waals surface area contributed by atoms with E-state index in [2.05, 4.69) is 21.4 Å². The van der Waals surface area contributed by atoms with E-state index in [1.165, 1.54) is 0 Å². The standard InChI is InChI=1S/C17H21BrN2O4/c18-13-8-6-12(7-9-13)17(22)20-10-3-4-14(20)16(21)19-24-15-5-1-2-11-23-15/h6-9,14-15H,1-5,10-11H2,(H,19,21)/t14-,15+/m0/s1. The summed E-state index contributed by atoms with van der Waals surface area (Å²) >= 11 is 3.35. The largest absolute Gasteiger partial charge is 0.350 e. The summed E-state index contributed by atoms with van der Waals surface area (Å²) in [5.41, 5.74) is 3.05. The zero-order valence-electron chi connectivity index (χ0n) is 13.4. The Bertz CT molecular complexity index is 587. The van der Waals surface area contributed by atoms with Gasteiger partial charge in [-0.25, -0.2) is 10.3 Å². The molecule has 2 aliphatic heterocycles. The summed E-state index contributed by atoms with van der Waals surface area (Å²) in [6, 6.07) is 6.66. The second-order valence-corrected chi connectivity index (χ2v) is 6.96.